The molecule has 0 radical (unpaired) electrons. The van der Waals surface area contributed by atoms with Crippen molar-refractivity contribution in [2.75, 3.05) is 39.6 Å². The molecule has 0 rings (SSSR count). The molecule has 19 heteroatoms. The maximum atomic E-state index is 13.1. The van der Waals surface area contributed by atoms with Crippen molar-refractivity contribution in [3.63, 3.8) is 0 Å². The van der Waals surface area contributed by atoms with Gasteiger partial charge in [-0.05, 0) is 154 Å². The number of phosphoric ester groups is 2. The first kappa shape index (κ1) is 92.2. The number of hydrogen-bond acceptors (Lipinski definition) is 15. The molecular formula is C79H124O17P2. The Hall–Kier alpha value is -5.84. The van der Waals surface area contributed by atoms with Crippen LogP contribution in [0.15, 0.2) is 182 Å². The quantitative estimate of drug-likeness (QED) is 0.0169. The zero-order valence-corrected chi connectivity index (χ0v) is 61.7. The SMILES string of the molecule is CC/C=C\C/C=C\C/C=C\C/C=C\C/C=C\CC(=O)OCC(COP(=O)(O)OCC(O)COP(=O)(O)OCC(COC(=O)CCCC/C=C\C/C=C\C/C=C\C/C=C\CC)OC(=O)CCCC/C=C\C/C=C\C/C=C\C/C=C\CC)OC(=O)CCCCCCC/C=C\C/C=C\CCC. The number of allylic oxidation sites excluding steroid dienone is 29. The third-order valence-electron chi connectivity index (χ3n) is 13.9. The number of hydrogen-bond donors (Lipinski definition) is 3. The first-order chi connectivity index (χ1) is 47.7. The Labute approximate surface area is 590 Å². The summed E-state index contributed by atoms with van der Waals surface area (Å²) in [6.45, 7) is 4.17. The third-order valence-corrected chi connectivity index (χ3v) is 15.8. The summed E-state index contributed by atoms with van der Waals surface area (Å²) in [6, 6.07) is 0. The van der Waals surface area contributed by atoms with Gasteiger partial charge in [-0.15, -0.1) is 0 Å². The van der Waals surface area contributed by atoms with Gasteiger partial charge in [0, 0.05) is 19.3 Å². The summed E-state index contributed by atoms with van der Waals surface area (Å²) in [5, 5.41) is 10.6. The van der Waals surface area contributed by atoms with Crippen LogP contribution in [-0.2, 0) is 65.4 Å². The molecule has 552 valence electrons. The topological polar surface area (TPSA) is 237 Å². The highest BCUT2D eigenvalue weighted by molar-refractivity contribution is 7.47. The van der Waals surface area contributed by atoms with Gasteiger partial charge in [-0.3, -0.25) is 37.3 Å². The summed E-state index contributed by atoms with van der Waals surface area (Å²) in [5.74, 6) is -2.46. The molecule has 3 N–H and O–H groups in total. The molecule has 0 aromatic rings. The van der Waals surface area contributed by atoms with Crippen LogP contribution in [0.5, 0.6) is 0 Å². The fraction of sp³-hybridized carbons (Fsp3) is 0.570. The van der Waals surface area contributed by atoms with Crippen LogP contribution in [0.25, 0.3) is 0 Å². The van der Waals surface area contributed by atoms with Crippen LogP contribution in [-0.4, -0.2) is 96.7 Å². The largest absolute Gasteiger partial charge is 0.472 e. The third kappa shape index (κ3) is 68.7. The molecule has 0 aromatic heterocycles. The Bertz CT molecular complexity index is 2580. The van der Waals surface area contributed by atoms with E-state index in [9.17, 15) is 43.2 Å². The van der Waals surface area contributed by atoms with Crippen molar-refractivity contribution in [1.29, 1.82) is 0 Å². The van der Waals surface area contributed by atoms with Crippen LogP contribution in [0.1, 0.15) is 233 Å². The molecular weight excluding hydrogens is 1280 g/mol. The Morgan fingerprint density at radius 2 is 0.571 bits per heavy atom. The van der Waals surface area contributed by atoms with Gasteiger partial charge in [0.05, 0.1) is 32.8 Å². The Balaban J connectivity index is 5.52. The Morgan fingerprint density at radius 3 is 0.929 bits per heavy atom. The number of carbonyl (C=O) groups excluding carboxylic acids is 4. The highest BCUT2D eigenvalue weighted by atomic mass is 31.2. The van der Waals surface area contributed by atoms with Crippen molar-refractivity contribution in [2.24, 2.45) is 0 Å². The second-order valence-corrected chi connectivity index (χ2v) is 26.0. The second-order valence-electron chi connectivity index (χ2n) is 23.0. The predicted octanol–water partition coefficient (Wildman–Crippen LogP) is 20.4. The molecule has 0 aliphatic rings. The van der Waals surface area contributed by atoms with Gasteiger partial charge >= 0.3 is 39.5 Å². The minimum atomic E-state index is -5.01. The normalized spacial score (nSPS) is 15.1. The van der Waals surface area contributed by atoms with E-state index in [1.165, 1.54) is 0 Å². The van der Waals surface area contributed by atoms with Crippen LogP contribution in [0.2, 0.25) is 0 Å². The lowest BCUT2D eigenvalue weighted by atomic mass is 10.1. The molecule has 0 fully saturated rings. The van der Waals surface area contributed by atoms with E-state index < -0.39 is 97.5 Å². The standard InChI is InChI=1S/C79H124O17P2/c1-5-9-13-17-21-25-29-33-36-40-43-47-51-55-59-63-76(81)89-69-74(95-78(83)65-61-57-53-49-45-39-32-28-24-20-16-12-8-4)71-93-97(85,86)91-67-73(80)68-92-98(87,88)94-72-75(96-79(84)66-62-58-54-50-46-42-38-35-31-27-23-19-15-11-7-3)70-90-77(82)64-60-56-52-48-44-41-37-34-30-26-22-18-14-10-6-2/h9-11,13-16,20-23,25-28,32-38,43-44,46-48,50,55,59,73-75,80H,5-8,12,17-19,24,29-31,39-42,45,49,51-54,56-58,60-72H2,1-4H3,(H,85,86)(H,87,88)/b13-9-,14-10-,15-11-,20-16-,25-21-,26-22-,27-23-,32-28-,36-33-,37-34-,38-35-,47-43-,48-44-,50-46-,59-55-. The second kappa shape index (κ2) is 69.6. The minimum Gasteiger partial charge on any atom is -0.462 e. The van der Waals surface area contributed by atoms with Crippen molar-refractivity contribution in [2.45, 2.75) is 251 Å². The van der Waals surface area contributed by atoms with Crippen molar-refractivity contribution in [3.05, 3.63) is 182 Å². The number of aliphatic hydroxyl groups is 1. The van der Waals surface area contributed by atoms with Gasteiger partial charge in [0.2, 0.25) is 0 Å². The molecule has 0 aromatic carbocycles. The number of phosphoric acid groups is 2. The van der Waals surface area contributed by atoms with E-state index in [-0.39, 0.29) is 25.7 Å². The molecule has 98 heavy (non-hydrogen) atoms. The summed E-state index contributed by atoms with van der Waals surface area (Å²) in [5.41, 5.74) is 0. The number of ether oxygens (including phenoxy) is 4. The van der Waals surface area contributed by atoms with Gasteiger partial charge < -0.3 is 33.8 Å². The molecule has 0 amide bonds. The van der Waals surface area contributed by atoms with Crippen LogP contribution < -0.4 is 0 Å². The predicted molar refractivity (Wildman–Crippen MR) is 399 cm³/mol. The number of carbonyl (C=O) groups is 4. The lowest BCUT2D eigenvalue weighted by Gasteiger charge is -2.21. The van der Waals surface area contributed by atoms with Crippen LogP contribution in [0, 0.1) is 0 Å². The molecule has 17 nitrogen and oxygen atoms in total. The van der Waals surface area contributed by atoms with E-state index >= 15 is 0 Å². The van der Waals surface area contributed by atoms with Crippen LogP contribution in [0.3, 0.4) is 0 Å². The van der Waals surface area contributed by atoms with E-state index in [1.54, 1.807) is 6.08 Å². The fourth-order valence-corrected chi connectivity index (χ4v) is 10.1. The highest BCUT2D eigenvalue weighted by Crippen LogP contribution is 2.45. The number of aliphatic hydroxyl groups excluding tert-OH is 1. The number of unbranched alkanes of at least 4 members (excludes halogenated alkanes) is 10. The average Bonchev–Trinajstić information content (AvgIpc) is 0.959. The fourth-order valence-electron chi connectivity index (χ4n) is 8.49. The van der Waals surface area contributed by atoms with Gasteiger partial charge in [-0.1, -0.05) is 236 Å². The zero-order chi connectivity index (χ0) is 71.8. The molecule has 0 heterocycles. The first-order valence-corrected chi connectivity index (χ1v) is 39.0. The summed E-state index contributed by atoms with van der Waals surface area (Å²) < 4.78 is 68.1. The van der Waals surface area contributed by atoms with Gasteiger partial charge in [-0.2, -0.15) is 0 Å². The van der Waals surface area contributed by atoms with E-state index in [2.05, 4.69) is 180 Å². The average molecular weight is 1410 g/mol. The number of rotatable bonds is 65. The Kier molecular flexibility index (Phi) is 65.5. The van der Waals surface area contributed by atoms with Gasteiger partial charge in [0.15, 0.2) is 12.2 Å². The summed E-state index contributed by atoms with van der Waals surface area (Å²) >= 11 is 0. The van der Waals surface area contributed by atoms with E-state index in [0.717, 1.165) is 148 Å². The molecule has 0 aliphatic carbocycles. The van der Waals surface area contributed by atoms with Crippen molar-refractivity contribution >= 4 is 39.5 Å². The summed E-state index contributed by atoms with van der Waals surface area (Å²) in [6.07, 6.45) is 82.3. The van der Waals surface area contributed by atoms with Gasteiger partial charge in [-0.25, -0.2) is 9.13 Å². The highest BCUT2D eigenvalue weighted by Gasteiger charge is 2.30. The first-order valence-electron chi connectivity index (χ1n) is 36.0. The van der Waals surface area contributed by atoms with Crippen LogP contribution >= 0.6 is 15.6 Å². The van der Waals surface area contributed by atoms with E-state index in [0.29, 0.717) is 32.1 Å². The van der Waals surface area contributed by atoms with Gasteiger partial charge in [0.1, 0.15) is 19.3 Å². The van der Waals surface area contributed by atoms with Crippen molar-refractivity contribution in [3.8, 4) is 0 Å². The maximum Gasteiger partial charge on any atom is 0.472 e. The summed E-state index contributed by atoms with van der Waals surface area (Å²) in [4.78, 5) is 72.6. The summed E-state index contributed by atoms with van der Waals surface area (Å²) in [7, 11) is -10.0. The minimum absolute atomic E-state index is 0.0236. The van der Waals surface area contributed by atoms with E-state index in [1.807, 2.05) is 24.3 Å². The van der Waals surface area contributed by atoms with Crippen molar-refractivity contribution < 1.29 is 80.2 Å². The Morgan fingerprint density at radius 1 is 0.306 bits per heavy atom. The lowest BCUT2D eigenvalue weighted by Crippen LogP contribution is -2.30. The molecule has 0 saturated carbocycles. The van der Waals surface area contributed by atoms with Crippen molar-refractivity contribution in [1.82, 2.24) is 0 Å². The molecule has 0 bridgehead atoms. The molecule has 0 spiro atoms. The van der Waals surface area contributed by atoms with E-state index in [4.69, 9.17) is 37.0 Å². The lowest BCUT2D eigenvalue weighted by molar-refractivity contribution is -0.161. The molecule has 0 saturated heterocycles. The maximum absolute atomic E-state index is 13.1. The smallest absolute Gasteiger partial charge is 0.462 e. The molecule has 5 atom stereocenters. The van der Waals surface area contributed by atoms with Gasteiger partial charge in [0.25, 0.3) is 0 Å². The molecule has 0 aliphatic heterocycles. The molecule has 5 unspecified atom stereocenters. The number of esters is 4. The van der Waals surface area contributed by atoms with Crippen LogP contribution in [0.4, 0.5) is 0 Å². The zero-order valence-electron chi connectivity index (χ0n) is 59.9. The monoisotopic (exact) mass is 1410 g/mol.